The van der Waals surface area contributed by atoms with Gasteiger partial charge in [0.2, 0.25) is 0 Å². The predicted octanol–water partition coefficient (Wildman–Crippen LogP) is 3.42. The Morgan fingerprint density at radius 2 is 1.92 bits per heavy atom. The number of hydrogen-bond donors (Lipinski definition) is 2. The number of para-hydroxylation sites is 1. The molecule has 0 fully saturated rings. The van der Waals surface area contributed by atoms with Gasteiger partial charge in [-0.15, -0.1) is 0 Å². The molecule has 2 N–H and O–H groups in total. The Kier molecular flexibility index (Phi) is 4.79. The number of nitro benzene ring substituents is 1. The molecule has 26 heavy (non-hydrogen) atoms. The van der Waals surface area contributed by atoms with Crippen LogP contribution in [0.1, 0.15) is 21.6 Å². The molecule has 1 amide bonds. The van der Waals surface area contributed by atoms with Crippen LogP contribution in [-0.4, -0.2) is 22.9 Å². The van der Waals surface area contributed by atoms with E-state index in [9.17, 15) is 14.9 Å². The van der Waals surface area contributed by atoms with Crippen LogP contribution in [0.15, 0.2) is 48.5 Å². The van der Waals surface area contributed by atoms with Crippen LogP contribution in [0.5, 0.6) is 0 Å². The van der Waals surface area contributed by atoms with Crippen molar-refractivity contribution in [3.8, 4) is 0 Å². The fourth-order valence-electron chi connectivity index (χ4n) is 2.77. The normalized spacial score (nSPS) is 10.5. The van der Waals surface area contributed by atoms with E-state index in [1.165, 1.54) is 6.07 Å². The van der Waals surface area contributed by atoms with Crippen molar-refractivity contribution in [1.29, 1.82) is 0 Å². The van der Waals surface area contributed by atoms with Crippen molar-refractivity contribution < 1.29 is 9.72 Å². The minimum atomic E-state index is -0.421. The van der Waals surface area contributed by atoms with E-state index in [2.05, 4.69) is 15.6 Å². The third-order valence-corrected chi connectivity index (χ3v) is 4.07. The molecule has 0 spiro atoms. The third-order valence-electron chi connectivity index (χ3n) is 4.07. The van der Waals surface area contributed by atoms with Gasteiger partial charge in [-0.2, -0.15) is 0 Å². The van der Waals surface area contributed by atoms with Crippen LogP contribution in [-0.2, 0) is 6.54 Å². The maximum Gasteiger partial charge on any atom is 0.295 e. The number of hydrogen-bond acceptors (Lipinski definition) is 5. The van der Waals surface area contributed by atoms with Gasteiger partial charge in [-0.05, 0) is 30.7 Å². The molecule has 3 aromatic rings. The largest absolute Gasteiger partial charge is 0.380 e. The number of anilines is 1. The first kappa shape index (κ1) is 17.3. The van der Waals surface area contributed by atoms with Gasteiger partial charge < -0.3 is 10.6 Å². The first-order valence-electron chi connectivity index (χ1n) is 8.09. The van der Waals surface area contributed by atoms with Gasteiger partial charge in [0.1, 0.15) is 0 Å². The van der Waals surface area contributed by atoms with Crippen molar-refractivity contribution in [2.45, 2.75) is 13.5 Å². The molecular formula is C19H18N4O3. The molecule has 1 aromatic heterocycles. The molecule has 132 valence electrons. The van der Waals surface area contributed by atoms with Gasteiger partial charge in [0, 0.05) is 42.0 Å². The van der Waals surface area contributed by atoms with E-state index in [1.807, 2.05) is 24.3 Å². The van der Waals surface area contributed by atoms with Crippen molar-refractivity contribution in [3.63, 3.8) is 0 Å². The molecular weight excluding hydrogens is 332 g/mol. The van der Waals surface area contributed by atoms with Gasteiger partial charge >= 0.3 is 0 Å². The second-order valence-electron chi connectivity index (χ2n) is 5.87. The molecule has 0 radical (unpaired) electrons. The van der Waals surface area contributed by atoms with Gasteiger partial charge in [0.05, 0.1) is 4.92 Å². The van der Waals surface area contributed by atoms with Crippen LogP contribution in [0.4, 0.5) is 11.4 Å². The standard InChI is InChI=1S/C19H18N4O3/c1-12-10-16(15-4-3-5-17(23(25)26)18(15)22-12)21-11-13-6-8-14(9-7-13)19(24)20-2/h3-10H,11H2,1-2H3,(H,20,24)(H,21,22). The molecule has 0 atom stereocenters. The highest BCUT2D eigenvalue weighted by Gasteiger charge is 2.15. The second kappa shape index (κ2) is 7.18. The second-order valence-corrected chi connectivity index (χ2v) is 5.87. The maximum absolute atomic E-state index is 11.6. The Labute approximate surface area is 150 Å². The molecule has 0 aliphatic carbocycles. The number of aryl methyl sites for hydroxylation is 1. The quantitative estimate of drug-likeness (QED) is 0.543. The predicted molar refractivity (Wildman–Crippen MR) is 100 cm³/mol. The molecule has 0 unspecified atom stereocenters. The lowest BCUT2D eigenvalue weighted by Gasteiger charge is -2.11. The number of carbonyl (C=O) groups is 1. The number of amides is 1. The van der Waals surface area contributed by atoms with Crippen LogP contribution >= 0.6 is 0 Å². The summed E-state index contributed by atoms with van der Waals surface area (Å²) in [4.78, 5) is 26.7. The number of nitrogens with zero attached hydrogens (tertiary/aromatic N) is 2. The number of rotatable bonds is 5. The van der Waals surface area contributed by atoms with Crippen molar-refractivity contribution in [2.75, 3.05) is 12.4 Å². The number of non-ortho nitro benzene ring substituents is 1. The van der Waals surface area contributed by atoms with E-state index < -0.39 is 4.92 Å². The van der Waals surface area contributed by atoms with Gasteiger partial charge in [-0.1, -0.05) is 24.3 Å². The molecule has 0 aliphatic rings. The number of benzene rings is 2. The fourth-order valence-corrected chi connectivity index (χ4v) is 2.77. The molecule has 0 saturated heterocycles. The van der Waals surface area contributed by atoms with Crippen molar-refractivity contribution >= 4 is 28.2 Å². The summed E-state index contributed by atoms with van der Waals surface area (Å²) in [7, 11) is 1.59. The van der Waals surface area contributed by atoms with E-state index in [0.29, 0.717) is 28.7 Å². The van der Waals surface area contributed by atoms with E-state index in [4.69, 9.17) is 0 Å². The summed E-state index contributed by atoms with van der Waals surface area (Å²) in [5, 5.41) is 17.8. The molecule has 1 heterocycles. The molecule has 7 nitrogen and oxygen atoms in total. The van der Waals surface area contributed by atoms with Crippen molar-refractivity contribution in [3.05, 3.63) is 75.5 Å². The van der Waals surface area contributed by atoms with Crippen molar-refractivity contribution in [2.24, 2.45) is 0 Å². The molecule has 2 aromatic carbocycles. The zero-order chi connectivity index (χ0) is 18.7. The van der Waals surface area contributed by atoms with E-state index in [1.54, 1.807) is 32.2 Å². The van der Waals surface area contributed by atoms with Crippen LogP contribution < -0.4 is 10.6 Å². The number of nitro groups is 1. The Balaban J connectivity index is 1.88. The van der Waals surface area contributed by atoms with E-state index in [0.717, 1.165) is 11.3 Å². The van der Waals surface area contributed by atoms with Gasteiger partial charge in [0.25, 0.3) is 11.6 Å². The Hall–Kier alpha value is -3.48. The Bertz CT molecular complexity index is 984. The zero-order valence-electron chi connectivity index (χ0n) is 14.4. The number of nitrogens with one attached hydrogen (secondary N) is 2. The lowest BCUT2D eigenvalue weighted by molar-refractivity contribution is -0.383. The van der Waals surface area contributed by atoms with Gasteiger partial charge in [-0.3, -0.25) is 14.9 Å². The lowest BCUT2D eigenvalue weighted by atomic mass is 10.1. The molecule has 7 heteroatoms. The first-order valence-corrected chi connectivity index (χ1v) is 8.09. The summed E-state index contributed by atoms with van der Waals surface area (Å²) in [6, 6.07) is 14.0. The summed E-state index contributed by atoms with van der Waals surface area (Å²) < 4.78 is 0. The number of pyridine rings is 1. The van der Waals surface area contributed by atoms with Gasteiger partial charge in [0.15, 0.2) is 5.52 Å². The average Bonchev–Trinajstić information content (AvgIpc) is 2.65. The Morgan fingerprint density at radius 1 is 1.19 bits per heavy atom. The smallest absolute Gasteiger partial charge is 0.295 e. The highest BCUT2D eigenvalue weighted by Crippen LogP contribution is 2.30. The summed E-state index contributed by atoms with van der Waals surface area (Å²) >= 11 is 0. The average molecular weight is 350 g/mol. The van der Waals surface area contributed by atoms with E-state index >= 15 is 0 Å². The highest BCUT2D eigenvalue weighted by atomic mass is 16.6. The summed E-state index contributed by atoms with van der Waals surface area (Å²) in [6.07, 6.45) is 0. The minimum Gasteiger partial charge on any atom is -0.380 e. The third kappa shape index (κ3) is 3.46. The number of fused-ring (bicyclic) bond motifs is 1. The van der Waals surface area contributed by atoms with E-state index in [-0.39, 0.29) is 11.6 Å². The van der Waals surface area contributed by atoms with Crippen LogP contribution in [0, 0.1) is 17.0 Å². The minimum absolute atomic E-state index is 0.0100. The monoisotopic (exact) mass is 350 g/mol. The Morgan fingerprint density at radius 3 is 2.58 bits per heavy atom. The fraction of sp³-hybridized carbons (Fsp3) is 0.158. The van der Waals surface area contributed by atoms with Gasteiger partial charge in [-0.25, -0.2) is 4.98 Å². The lowest BCUT2D eigenvalue weighted by Crippen LogP contribution is -2.17. The van der Waals surface area contributed by atoms with Crippen LogP contribution in [0.3, 0.4) is 0 Å². The summed E-state index contributed by atoms with van der Waals surface area (Å²) in [6.45, 7) is 2.33. The summed E-state index contributed by atoms with van der Waals surface area (Å²) in [5.41, 5.74) is 3.43. The first-order chi connectivity index (χ1) is 12.5. The van der Waals surface area contributed by atoms with Crippen LogP contribution in [0.25, 0.3) is 10.9 Å². The number of carbonyl (C=O) groups excluding carboxylic acids is 1. The molecule has 0 bridgehead atoms. The highest BCUT2D eigenvalue weighted by molar-refractivity contribution is 5.96. The number of aromatic nitrogens is 1. The zero-order valence-corrected chi connectivity index (χ0v) is 14.4. The van der Waals surface area contributed by atoms with Crippen molar-refractivity contribution in [1.82, 2.24) is 10.3 Å². The molecule has 0 aliphatic heterocycles. The molecule has 0 saturated carbocycles. The SMILES string of the molecule is CNC(=O)c1ccc(CNc2cc(C)nc3c([N+](=O)[O-])cccc23)cc1. The molecule has 3 rings (SSSR count). The van der Waals surface area contributed by atoms with Crippen LogP contribution in [0.2, 0.25) is 0 Å². The summed E-state index contributed by atoms with van der Waals surface area (Å²) in [5.74, 6) is -0.132. The maximum atomic E-state index is 11.6. The topological polar surface area (TPSA) is 97.2 Å².